The van der Waals surface area contributed by atoms with E-state index in [1.807, 2.05) is 18.2 Å². The van der Waals surface area contributed by atoms with Gasteiger partial charge < -0.3 is 5.73 Å². The molecule has 0 aromatic heterocycles. The Kier molecular flexibility index (Phi) is 4.66. The fourth-order valence-corrected chi connectivity index (χ4v) is 2.53. The second kappa shape index (κ2) is 5.81. The van der Waals surface area contributed by atoms with Crippen LogP contribution in [-0.2, 0) is 10.8 Å². The van der Waals surface area contributed by atoms with Gasteiger partial charge in [0.25, 0.3) is 0 Å². The maximum atomic E-state index is 11.8. The molecule has 1 atom stereocenters. The van der Waals surface area contributed by atoms with E-state index in [0.717, 1.165) is 29.9 Å². The van der Waals surface area contributed by atoms with Gasteiger partial charge >= 0.3 is 0 Å². The van der Waals surface area contributed by atoms with E-state index in [1.165, 1.54) is 0 Å². The number of rotatable bonds is 5. The lowest BCUT2D eigenvalue weighted by atomic mass is 10.3. The summed E-state index contributed by atoms with van der Waals surface area (Å²) in [4.78, 5) is 0.781. The largest absolute Gasteiger partial charge is 0.398 e. The number of anilines is 1. The Morgan fingerprint density at radius 2 is 2.00 bits per heavy atom. The molecular formula is C11H17NOS. The van der Waals surface area contributed by atoms with Crippen LogP contribution in [0.3, 0.4) is 0 Å². The third-order valence-electron chi connectivity index (χ3n) is 2.10. The minimum absolute atomic E-state index is 0.641. The smallest absolute Gasteiger partial charge is 0.0617 e. The highest BCUT2D eigenvalue weighted by atomic mass is 32.2. The molecule has 14 heavy (non-hydrogen) atoms. The van der Waals surface area contributed by atoms with Crippen LogP contribution in [0.2, 0.25) is 0 Å². The van der Waals surface area contributed by atoms with Gasteiger partial charge in [-0.1, -0.05) is 31.9 Å². The van der Waals surface area contributed by atoms with Crippen molar-refractivity contribution in [3.05, 3.63) is 24.3 Å². The summed E-state index contributed by atoms with van der Waals surface area (Å²) in [7, 11) is -0.921. The Balaban J connectivity index is 2.56. The van der Waals surface area contributed by atoms with E-state index in [0.29, 0.717) is 5.69 Å². The predicted octanol–water partition coefficient (Wildman–Crippen LogP) is 2.57. The third-order valence-corrected chi connectivity index (χ3v) is 3.62. The first-order valence-electron chi connectivity index (χ1n) is 4.98. The molecule has 0 aliphatic heterocycles. The van der Waals surface area contributed by atoms with E-state index in [2.05, 4.69) is 6.92 Å². The maximum absolute atomic E-state index is 11.8. The Morgan fingerprint density at radius 1 is 1.29 bits per heavy atom. The van der Waals surface area contributed by atoms with Gasteiger partial charge in [-0.05, 0) is 18.6 Å². The van der Waals surface area contributed by atoms with E-state index in [-0.39, 0.29) is 0 Å². The Labute approximate surface area is 88.0 Å². The first kappa shape index (κ1) is 11.2. The lowest BCUT2D eigenvalue weighted by Crippen LogP contribution is -2.01. The molecule has 2 nitrogen and oxygen atoms in total. The number of hydrogen-bond acceptors (Lipinski definition) is 2. The standard InChI is InChI=1S/C11H17NOS/c1-2-3-6-9-14(13)11-8-5-4-7-10(11)12/h4-5,7-8H,2-3,6,9,12H2,1H3. The minimum Gasteiger partial charge on any atom is -0.398 e. The van der Waals surface area contributed by atoms with Crippen LogP contribution in [0.1, 0.15) is 26.2 Å². The zero-order valence-electron chi connectivity index (χ0n) is 8.53. The van der Waals surface area contributed by atoms with Crippen LogP contribution in [0.5, 0.6) is 0 Å². The van der Waals surface area contributed by atoms with Crippen molar-refractivity contribution < 1.29 is 4.21 Å². The fraction of sp³-hybridized carbons (Fsp3) is 0.455. The van der Waals surface area contributed by atoms with Crippen LogP contribution in [-0.4, -0.2) is 9.96 Å². The molecule has 2 N–H and O–H groups in total. The predicted molar refractivity (Wildman–Crippen MR) is 61.7 cm³/mol. The van der Waals surface area contributed by atoms with Gasteiger partial charge in [0, 0.05) is 11.4 Å². The second-order valence-corrected chi connectivity index (χ2v) is 4.83. The van der Waals surface area contributed by atoms with E-state index >= 15 is 0 Å². The average molecular weight is 211 g/mol. The van der Waals surface area contributed by atoms with Gasteiger partial charge in [0.2, 0.25) is 0 Å². The van der Waals surface area contributed by atoms with Crippen LogP contribution in [0.4, 0.5) is 5.69 Å². The van der Waals surface area contributed by atoms with Crippen LogP contribution < -0.4 is 5.73 Å². The van der Waals surface area contributed by atoms with Crippen molar-refractivity contribution in [3.63, 3.8) is 0 Å². The van der Waals surface area contributed by atoms with E-state index < -0.39 is 10.8 Å². The highest BCUT2D eigenvalue weighted by Gasteiger charge is 2.05. The summed E-state index contributed by atoms with van der Waals surface area (Å²) in [6, 6.07) is 7.38. The summed E-state index contributed by atoms with van der Waals surface area (Å²) in [6.07, 6.45) is 3.30. The number of para-hydroxylation sites is 1. The van der Waals surface area contributed by atoms with E-state index in [9.17, 15) is 4.21 Å². The lowest BCUT2D eigenvalue weighted by Gasteiger charge is -2.04. The van der Waals surface area contributed by atoms with Crippen molar-refractivity contribution in [2.45, 2.75) is 31.1 Å². The monoisotopic (exact) mass is 211 g/mol. The van der Waals surface area contributed by atoms with Gasteiger partial charge in [-0.25, -0.2) is 0 Å². The molecule has 3 heteroatoms. The molecule has 1 aromatic rings. The van der Waals surface area contributed by atoms with Crippen molar-refractivity contribution in [1.29, 1.82) is 0 Å². The molecule has 78 valence electrons. The average Bonchev–Trinajstić information content (AvgIpc) is 2.18. The number of hydrogen-bond donors (Lipinski definition) is 1. The molecule has 0 saturated heterocycles. The highest BCUT2D eigenvalue weighted by Crippen LogP contribution is 2.16. The molecule has 0 aliphatic carbocycles. The molecule has 0 amide bonds. The highest BCUT2D eigenvalue weighted by molar-refractivity contribution is 7.85. The molecule has 0 spiro atoms. The molecule has 1 aromatic carbocycles. The summed E-state index contributed by atoms with van der Waals surface area (Å²) in [5.74, 6) is 0.724. The molecule has 0 radical (unpaired) electrons. The van der Waals surface area contributed by atoms with Crippen molar-refractivity contribution in [2.24, 2.45) is 0 Å². The van der Waals surface area contributed by atoms with Gasteiger partial charge in [0.05, 0.1) is 15.7 Å². The first-order valence-corrected chi connectivity index (χ1v) is 6.30. The lowest BCUT2D eigenvalue weighted by molar-refractivity contribution is 0.676. The molecule has 0 heterocycles. The van der Waals surface area contributed by atoms with Crippen molar-refractivity contribution in [3.8, 4) is 0 Å². The number of benzene rings is 1. The quantitative estimate of drug-likeness (QED) is 0.601. The van der Waals surface area contributed by atoms with Crippen LogP contribution in [0.25, 0.3) is 0 Å². The number of nitrogen functional groups attached to an aromatic ring is 1. The molecule has 1 unspecified atom stereocenters. The molecule has 0 bridgehead atoms. The summed E-state index contributed by atoms with van der Waals surface area (Å²) in [5.41, 5.74) is 6.37. The molecule has 0 aliphatic rings. The minimum atomic E-state index is -0.921. The van der Waals surface area contributed by atoms with Crippen molar-refractivity contribution in [1.82, 2.24) is 0 Å². The van der Waals surface area contributed by atoms with Crippen LogP contribution in [0.15, 0.2) is 29.2 Å². The maximum Gasteiger partial charge on any atom is 0.0617 e. The van der Waals surface area contributed by atoms with Gasteiger partial charge in [-0.2, -0.15) is 0 Å². The fourth-order valence-electron chi connectivity index (χ4n) is 1.28. The van der Waals surface area contributed by atoms with E-state index in [4.69, 9.17) is 5.73 Å². The molecule has 1 rings (SSSR count). The summed E-state index contributed by atoms with van der Waals surface area (Å²) in [6.45, 7) is 2.14. The summed E-state index contributed by atoms with van der Waals surface area (Å²) in [5, 5.41) is 0. The molecule has 0 saturated carbocycles. The van der Waals surface area contributed by atoms with Crippen molar-refractivity contribution >= 4 is 16.5 Å². The topological polar surface area (TPSA) is 43.1 Å². The summed E-state index contributed by atoms with van der Waals surface area (Å²) < 4.78 is 11.8. The third kappa shape index (κ3) is 3.14. The van der Waals surface area contributed by atoms with Crippen molar-refractivity contribution in [2.75, 3.05) is 11.5 Å². The van der Waals surface area contributed by atoms with Gasteiger partial charge in [-0.15, -0.1) is 0 Å². The zero-order chi connectivity index (χ0) is 10.4. The Hall–Kier alpha value is -0.830. The van der Waals surface area contributed by atoms with Crippen LogP contribution >= 0.6 is 0 Å². The molecular weight excluding hydrogens is 194 g/mol. The van der Waals surface area contributed by atoms with Crippen LogP contribution in [0, 0.1) is 0 Å². The SMILES string of the molecule is CCCCCS(=O)c1ccccc1N. The zero-order valence-corrected chi connectivity index (χ0v) is 9.35. The summed E-state index contributed by atoms with van der Waals surface area (Å²) >= 11 is 0. The normalized spacial score (nSPS) is 12.6. The second-order valence-electron chi connectivity index (χ2n) is 3.29. The molecule has 0 fully saturated rings. The first-order chi connectivity index (χ1) is 6.75. The van der Waals surface area contributed by atoms with Gasteiger partial charge in [0.15, 0.2) is 0 Å². The number of unbranched alkanes of at least 4 members (excludes halogenated alkanes) is 2. The van der Waals surface area contributed by atoms with E-state index in [1.54, 1.807) is 6.07 Å². The Bertz CT molecular complexity index is 312. The Morgan fingerprint density at radius 3 is 2.64 bits per heavy atom. The number of nitrogens with two attached hydrogens (primary N) is 1. The van der Waals surface area contributed by atoms with Gasteiger partial charge in [0.1, 0.15) is 0 Å². The van der Waals surface area contributed by atoms with Gasteiger partial charge in [-0.3, -0.25) is 4.21 Å².